The van der Waals surface area contributed by atoms with Gasteiger partial charge in [0.1, 0.15) is 6.10 Å². The lowest BCUT2D eigenvalue weighted by molar-refractivity contribution is -0.137. The molecule has 4 aromatic rings. The molecule has 1 N–H and O–H groups in total. The van der Waals surface area contributed by atoms with Gasteiger partial charge >= 0.3 is 6.18 Å². The summed E-state index contributed by atoms with van der Waals surface area (Å²) in [5.41, 5.74) is 3.59. The highest BCUT2D eigenvalue weighted by atomic mass is 19.4. The lowest BCUT2D eigenvalue weighted by atomic mass is 9.94. The molecule has 2 amide bonds. The van der Waals surface area contributed by atoms with Crippen molar-refractivity contribution in [1.82, 2.24) is 9.80 Å². The molecule has 9 heteroatoms. The standard InChI is InChI=1S/C40H39F3N2O4/c1-26(46)37(47)36(24-27-9-11-29(12-10-27)28-6-3-2-4-7-28)45(25-35-8-5-23-44(35)38(48)32-17-18-32)39(49)33-15-13-30(14-16-33)31-19-21-34(22-20-31)40(41,42)43/h2-4,6-7,9-16,19-22,26,32,35-36,46H,5,8,17-18,23-25H2,1H3/t26?,35-,36+/m1/s1. The predicted octanol–water partition coefficient (Wildman–Crippen LogP) is 7.44. The first-order valence-corrected chi connectivity index (χ1v) is 16.7. The van der Waals surface area contributed by atoms with Crippen LogP contribution in [0.1, 0.15) is 54.1 Å². The molecule has 6 rings (SSSR count). The number of carbonyl (C=O) groups excluding carboxylic acids is 3. The molecule has 49 heavy (non-hydrogen) atoms. The van der Waals surface area contributed by atoms with Crippen LogP contribution in [0.5, 0.6) is 0 Å². The Labute approximate surface area is 284 Å². The van der Waals surface area contributed by atoms with E-state index in [1.807, 2.05) is 59.5 Å². The first kappa shape index (κ1) is 34.1. The van der Waals surface area contributed by atoms with E-state index in [0.29, 0.717) is 24.1 Å². The van der Waals surface area contributed by atoms with Gasteiger partial charge < -0.3 is 14.9 Å². The Bertz CT molecular complexity index is 1770. The molecular weight excluding hydrogens is 629 g/mol. The first-order chi connectivity index (χ1) is 23.5. The summed E-state index contributed by atoms with van der Waals surface area (Å²) in [5.74, 6) is -0.823. The Morgan fingerprint density at radius 3 is 1.90 bits per heavy atom. The van der Waals surface area contributed by atoms with Gasteiger partial charge in [0.15, 0.2) is 5.78 Å². The van der Waals surface area contributed by atoms with E-state index in [9.17, 15) is 32.7 Å². The minimum absolute atomic E-state index is 0.0144. The molecule has 2 fully saturated rings. The van der Waals surface area contributed by atoms with Crippen molar-refractivity contribution in [1.29, 1.82) is 0 Å². The smallest absolute Gasteiger partial charge is 0.386 e. The molecule has 4 aromatic carbocycles. The molecule has 0 aromatic heterocycles. The molecule has 3 atom stereocenters. The summed E-state index contributed by atoms with van der Waals surface area (Å²) in [4.78, 5) is 44.7. The highest BCUT2D eigenvalue weighted by molar-refractivity contribution is 5.99. The summed E-state index contributed by atoms with van der Waals surface area (Å²) in [5, 5.41) is 10.6. The van der Waals surface area contributed by atoms with Crippen molar-refractivity contribution in [2.24, 2.45) is 5.92 Å². The quantitative estimate of drug-likeness (QED) is 0.180. The van der Waals surface area contributed by atoms with Gasteiger partial charge in [0.05, 0.1) is 11.6 Å². The number of halogens is 3. The summed E-state index contributed by atoms with van der Waals surface area (Å²) in [7, 11) is 0. The molecule has 2 aliphatic rings. The van der Waals surface area contributed by atoms with Gasteiger partial charge in [0.25, 0.3) is 5.91 Å². The lowest BCUT2D eigenvalue weighted by Gasteiger charge is -2.36. The van der Waals surface area contributed by atoms with Crippen LogP contribution in [-0.4, -0.2) is 63.8 Å². The minimum Gasteiger partial charge on any atom is -0.386 e. The number of aliphatic hydroxyl groups excluding tert-OH is 1. The number of ketones is 1. The Hall–Kier alpha value is -4.76. The summed E-state index contributed by atoms with van der Waals surface area (Å²) in [6, 6.07) is 27.7. The summed E-state index contributed by atoms with van der Waals surface area (Å²) in [6.45, 7) is 2.12. The van der Waals surface area contributed by atoms with Crippen LogP contribution in [0.3, 0.4) is 0 Å². The number of carbonyl (C=O) groups is 3. The van der Waals surface area contributed by atoms with Gasteiger partial charge in [-0.1, -0.05) is 78.9 Å². The minimum atomic E-state index is -4.44. The number of hydrogen-bond donors (Lipinski definition) is 1. The third-order valence-corrected chi connectivity index (χ3v) is 9.54. The van der Waals surface area contributed by atoms with Crippen LogP contribution in [0.15, 0.2) is 103 Å². The molecular formula is C40H39F3N2O4. The van der Waals surface area contributed by atoms with Gasteiger partial charge in [-0.15, -0.1) is 0 Å². The first-order valence-electron chi connectivity index (χ1n) is 16.7. The van der Waals surface area contributed by atoms with Gasteiger partial charge in [-0.3, -0.25) is 14.4 Å². The second-order valence-corrected chi connectivity index (χ2v) is 13.1. The number of likely N-dealkylation sites (tertiary alicyclic amines) is 1. The zero-order valence-electron chi connectivity index (χ0n) is 27.3. The van der Waals surface area contributed by atoms with E-state index in [1.165, 1.54) is 24.0 Å². The second-order valence-electron chi connectivity index (χ2n) is 13.1. The molecule has 1 saturated carbocycles. The fourth-order valence-corrected chi connectivity index (χ4v) is 6.61. The van der Waals surface area contributed by atoms with E-state index in [1.54, 1.807) is 24.3 Å². The van der Waals surface area contributed by atoms with Crippen LogP contribution < -0.4 is 0 Å². The van der Waals surface area contributed by atoms with E-state index in [-0.39, 0.29) is 36.4 Å². The van der Waals surface area contributed by atoms with Crippen molar-refractivity contribution in [2.75, 3.05) is 13.1 Å². The maximum absolute atomic E-state index is 14.4. The number of aliphatic hydroxyl groups is 1. The van der Waals surface area contributed by atoms with Crippen LogP contribution in [-0.2, 0) is 22.2 Å². The number of Topliss-reactive ketones (excluding diaryl/α,β-unsaturated/α-hetero) is 1. The molecule has 6 nitrogen and oxygen atoms in total. The van der Waals surface area contributed by atoms with Gasteiger partial charge in [-0.05, 0) is 84.7 Å². The predicted molar refractivity (Wildman–Crippen MR) is 181 cm³/mol. The topological polar surface area (TPSA) is 77.9 Å². The van der Waals surface area contributed by atoms with Crippen molar-refractivity contribution in [3.05, 3.63) is 120 Å². The van der Waals surface area contributed by atoms with Crippen molar-refractivity contribution < 1.29 is 32.7 Å². The maximum Gasteiger partial charge on any atom is 0.416 e. The van der Waals surface area contributed by atoms with E-state index in [0.717, 1.165) is 48.1 Å². The highest BCUT2D eigenvalue weighted by Gasteiger charge is 2.41. The third-order valence-electron chi connectivity index (χ3n) is 9.54. The molecule has 254 valence electrons. The van der Waals surface area contributed by atoms with Gasteiger partial charge in [0.2, 0.25) is 5.91 Å². The zero-order valence-corrected chi connectivity index (χ0v) is 27.3. The number of benzene rings is 4. The molecule has 0 spiro atoms. The zero-order chi connectivity index (χ0) is 34.7. The summed E-state index contributed by atoms with van der Waals surface area (Å²) < 4.78 is 39.3. The average Bonchev–Trinajstić information content (AvgIpc) is 3.87. The normalized spacial score (nSPS) is 17.4. The average molecular weight is 669 g/mol. The van der Waals surface area contributed by atoms with Crippen LogP contribution >= 0.6 is 0 Å². The number of nitrogens with zero attached hydrogens (tertiary/aromatic N) is 2. The highest BCUT2D eigenvalue weighted by Crippen LogP contribution is 2.35. The van der Waals surface area contributed by atoms with Crippen LogP contribution in [0.4, 0.5) is 13.2 Å². The molecule has 0 bridgehead atoms. The molecule has 1 unspecified atom stereocenters. The molecule has 1 aliphatic carbocycles. The summed E-state index contributed by atoms with van der Waals surface area (Å²) >= 11 is 0. The molecule has 1 heterocycles. The fourth-order valence-electron chi connectivity index (χ4n) is 6.61. The van der Waals surface area contributed by atoms with Crippen molar-refractivity contribution in [3.8, 4) is 22.3 Å². The maximum atomic E-state index is 14.4. The molecule has 0 radical (unpaired) electrons. The molecule has 1 saturated heterocycles. The Morgan fingerprint density at radius 2 is 1.35 bits per heavy atom. The fraction of sp³-hybridized carbons (Fsp3) is 0.325. The SMILES string of the molecule is CC(O)C(=O)[C@H](Cc1ccc(-c2ccccc2)cc1)N(C[C@H]1CCCN1C(=O)C1CC1)C(=O)c1ccc(-c2ccc(C(F)(F)F)cc2)cc1. The monoisotopic (exact) mass is 668 g/mol. The Kier molecular flexibility index (Phi) is 10.0. The number of hydrogen-bond acceptors (Lipinski definition) is 4. The Morgan fingerprint density at radius 1 is 0.796 bits per heavy atom. The van der Waals surface area contributed by atoms with Crippen molar-refractivity contribution >= 4 is 17.6 Å². The van der Waals surface area contributed by atoms with Gasteiger partial charge in [-0.25, -0.2) is 0 Å². The molecule has 1 aliphatic heterocycles. The second kappa shape index (κ2) is 14.4. The third kappa shape index (κ3) is 7.94. The lowest BCUT2D eigenvalue weighted by Crippen LogP contribution is -2.54. The number of amides is 2. The van der Waals surface area contributed by atoms with Crippen LogP contribution in [0, 0.1) is 5.92 Å². The largest absolute Gasteiger partial charge is 0.416 e. The van der Waals surface area contributed by atoms with Gasteiger partial charge in [0, 0.05) is 37.0 Å². The van der Waals surface area contributed by atoms with E-state index >= 15 is 0 Å². The summed E-state index contributed by atoms with van der Waals surface area (Å²) in [6.07, 6.45) is -2.41. The van der Waals surface area contributed by atoms with Gasteiger partial charge in [-0.2, -0.15) is 13.2 Å². The number of alkyl halides is 3. The van der Waals surface area contributed by atoms with E-state index < -0.39 is 35.6 Å². The number of rotatable bonds is 11. The van der Waals surface area contributed by atoms with E-state index in [4.69, 9.17) is 0 Å². The van der Waals surface area contributed by atoms with E-state index in [2.05, 4.69) is 0 Å². The van der Waals surface area contributed by atoms with Crippen molar-refractivity contribution in [2.45, 2.75) is 63.4 Å². The van der Waals surface area contributed by atoms with Crippen molar-refractivity contribution in [3.63, 3.8) is 0 Å². The van der Waals surface area contributed by atoms with Crippen LogP contribution in [0.25, 0.3) is 22.3 Å². The Balaban J connectivity index is 1.31. The van der Waals surface area contributed by atoms with Crippen LogP contribution in [0.2, 0.25) is 0 Å².